The van der Waals surface area contributed by atoms with Gasteiger partial charge in [-0.15, -0.1) is 0 Å². The number of rotatable bonds is 8. The predicted octanol–water partition coefficient (Wildman–Crippen LogP) is 3.78. The number of nitrogens with zero attached hydrogens (tertiary/aromatic N) is 2. The van der Waals surface area contributed by atoms with Crippen LogP contribution in [0.4, 0.5) is 26.3 Å². The highest BCUT2D eigenvalue weighted by Gasteiger charge is 2.31. The molecule has 31 heavy (non-hydrogen) atoms. The second kappa shape index (κ2) is 10.2. The number of pyridine rings is 2. The highest BCUT2D eigenvalue weighted by atomic mass is 19.4. The zero-order valence-electron chi connectivity index (χ0n) is 15.8. The highest BCUT2D eigenvalue weighted by molar-refractivity contribution is 5.91. The van der Waals surface area contributed by atoms with Crippen molar-refractivity contribution in [3.63, 3.8) is 0 Å². The SMILES string of the molecule is O=C(CC(=O)OCCc1cc(C(F)(F)F)ccn1)OCCc1cc(C(F)(F)F)ccn1. The molecule has 0 spiro atoms. The molecular weight excluding hydrogens is 434 g/mol. The van der Waals surface area contributed by atoms with Crippen LogP contribution in [-0.2, 0) is 44.3 Å². The zero-order valence-corrected chi connectivity index (χ0v) is 15.8. The molecule has 0 aromatic carbocycles. The molecule has 0 aliphatic carbocycles. The van der Waals surface area contributed by atoms with Crippen molar-refractivity contribution in [1.29, 1.82) is 0 Å². The summed E-state index contributed by atoms with van der Waals surface area (Å²) in [5.74, 6) is -1.93. The standard InChI is InChI=1S/C19H16F6N2O4/c20-18(21,22)12-1-5-26-14(9-12)3-7-30-16(28)11-17(29)31-8-4-15-10-13(2-6-27-15)19(23,24)25/h1-2,5-6,9-10H,3-4,7-8,11H2. The van der Waals surface area contributed by atoms with Gasteiger partial charge in [0.2, 0.25) is 0 Å². The van der Waals surface area contributed by atoms with Crippen molar-refractivity contribution >= 4 is 11.9 Å². The number of hydrogen-bond donors (Lipinski definition) is 0. The minimum absolute atomic E-state index is 0.0544. The van der Waals surface area contributed by atoms with Gasteiger partial charge in [-0.25, -0.2) is 0 Å². The van der Waals surface area contributed by atoms with Gasteiger partial charge in [0.1, 0.15) is 6.42 Å². The monoisotopic (exact) mass is 450 g/mol. The van der Waals surface area contributed by atoms with Crippen molar-refractivity contribution in [2.24, 2.45) is 0 Å². The van der Waals surface area contributed by atoms with Gasteiger partial charge in [0, 0.05) is 36.6 Å². The Morgan fingerprint density at radius 3 is 1.48 bits per heavy atom. The van der Waals surface area contributed by atoms with Gasteiger partial charge in [0.25, 0.3) is 0 Å². The maximum atomic E-state index is 12.6. The number of carbonyl (C=O) groups excluding carboxylic acids is 2. The normalized spacial score (nSPS) is 11.8. The van der Waals surface area contributed by atoms with E-state index in [9.17, 15) is 35.9 Å². The molecule has 0 atom stereocenters. The maximum Gasteiger partial charge on any atom is 0.416 e. The molecule has 168 valence electrons. The van der Waals surface area contributed by atoms with Crippen molar-refractivity contribution in [2.45, 2.75) is 31.6 Å². The third-order valence-corrected chi connectivity index (χ3v) is 3.82. The number of hydrogen-bond acceptors (Lipinski definition) is 6. The summed E-state index contributed by atoms with van der Waals surface area (Å²) in [5, 5.41) is 0. The first-order chi connectivity index (χ1) is 14.4. The summed E-state index contributed by atoms with van der Waals surface area (Å²) in [6, 6.07) is 3.26. The molecule has 0 unspecified atom stereocenters. The molecule has 0 radical (unpaired) electrons. The minimum atomic E-state index is -4.53. The average molecular weight is 450 g/mol. The molecule has 0 saturated heterocycles. The molecule has 0 bridgehead atoms. The van der Waals surface area contributed by atoms with Crippen LogP contribution in [-0.4, -0.2) is 35.1 Å². The third-order valence-electron chi connectivity index (χ3n) is 3.82. The molecule has 0 aliphatic rings. The molecule has 2 aromatic heterocycles. The minimum Gasteiger partial charge on any atom is -0.465 e. The molecule has 0 fully saturated rings. The van der Waals surface area contributed by atoms with E-state index < -0.39 is 41.8 Å². The fourth-order valence-electron chi connectivity index (χ4n) is 2.34. The topological polar surface area (TPSA) is 78.4 Å². The summed E-state index contributed by atoms with van der Waals surface area (Å²) in [7, 11) is 0. The van der Waals surface area contributed by atoms with E-state index in [0.29, 0.717) is 0 Å². The van der Waals surface area contributed by atoms with Crippen LogP contribution in [0.2, 0.25) is 0 Å². The molecule has 2 heterocycles. The van der Waals surface area contributed by atoms with Gasteiger partial charge in [0.05, 0.1) is 24.3 Å². The van der Waals surface area contributed by atoms with Crippen LogP contribution in [0.25, 0.3) is 0 Å². The lowest BCUT2D eigenvalue weighted by Crippen LogP contribution is -2.17. The van der Waals surface area contributed by atoms with Crippen LogP contribution in [0, 0.1) is 0 Å². The van der Waals surface area contributed by atoms with E-state index in [1.165, 1.54) is 0 Å². The largest absolute Gasteiger partial charge is 0.465 e. The van der Waals surface area contributed by atoms with Crippen LogP contribution in [0.5, 0.6) is 0 Å². The van der Waals surface area contributed by atoms with Gasteiger partial charge in [-0.05, 0) is 24.3 Å². The summed E-state index contributed by atoms with van der Waals surface area (Å²) >= 11 is 0. The Morgan fingerprint density at radius 1 is 0.742 bits per heavy atom. The third kappa shape index (κ3) is 8.22. The lowest BCUT2D eigenvalue weighted by atomic mass is 10.2. The maximum absolute atomic E-state index is 12.6. The molecule has 0 saturated carbocycles. The molecule has 0 aliphatic heterocycles. The van der Waals surface area contributed by atoms with Crippen LogP contribution in [0.15, 0.2) is 36.7 Å². The number of esters is 2. The summed E-state index contributed by atoms with van der Waals surface area (Å²) in [6.45, 7) is -0.594. The van der Waals surface area contributed by atoms with Crippen LogP contribution < -0.4 is 0 Å². The van der Waals surface area contributed by atoms with E-state index in [1.54, 1.807) is 0 Å². The molecule has 0 N–H and O–H groups in total. The second-order valence-corrected chi connectivity index (χ2v) is 6.18. The lowest BCUT2D eigenvalue weighted by Gasteiger charge is -2.09. The summed E-state index contributed by atoms with van der Waals surface area (Å²) < 4.78 is 85.3. The number of aromatic nitrogens is 2. The number of halogens is 6. The van der Waals surface area contributed by atoms with E-state index in [4.69, 9.17) is 9.47 Å². The second-order valence-electron chi connectivity index (χ2n) is 6.18. The summed E-state index contributed by atoms with van der Waals surface area (Å²) in [5.41, 5.74) is -1.66. The first kappa shape index (κ1) is 24.1. The van der Waals surface area contributed by atoms with Crippen molar-refractivity contribution in [3.05, 3.63) is 59.2 Å². The van der Waals surface area contributed by atoms with Gasteiger partial charge in [-0.1, -0.05) is 0 Å². The Morgan fingerprint density at radius 2 is 1.13 bits per heavy atom. The van der Waals surface area contributed by atoms with Gasteiger partial charge < -0.3 is 9.47 Å². The molecule has 2 rings (SSSR count). The van der Waals surface area contributed by atoms with Gasteiger partial charge in [0.15, 0.2) is 0 Å². The highest BCUT2D eigenvalue weighted by Crippen LogP contribution is 2.29. The molecule has 6 nitrogen and oxygen atoms in total. The van der Waals surface area contributed by atoms with E-state index in [2.05, 4.69) is 9.97 Å². The number of ether oxygens (including phenoxy) is 2. The van der Waals surface area contributed by atoms with E-state index in [-0.39, 0.29) is 37.4 Å². The number of carbonyl (C=O) groups is 2. The fraction of sp³-hybridized carbons (Fsp3) is 0.368. The van der Waals surface area contributed by atoms with Crippen LogP contribution in [0.3, 0.4) is 0 Å². The Bertz CT molecular complexity index is 841. The smallest absolute Gasteiger partial charge is 0.416 e. The molecule has 2 aromatic rings. The Kier molecular flexibility index (Phi) is 7.95. The van der Waals surface area contributed by atoms with Crippen LogP contribution in [0.1, 0.15) is 28.9 Å². The van der Waals surface area contributed by atoms with E-state index in [1.807, 2.05) is 0 Å². The average Bonchev–Trinajstić information content (AvgIpc) is 2.67. The predicted molar refractivity (Wildman–Crippen MR) is 92.4 cm³/mol. The van der Waals surface area contributed by atoms with Gasteiger partial charge in [-0.3, -0.25) is 19.6 Å². The Hall–Kier alpha value is -3.18. The van der Waals surface area contributed by atoms with E-state index >= 15 is 0 Å². The molecule has 0 amide bonds. The first-order valence-corrected chi connectivity index (χ1v) is 8.80. The lowest BCUT2D eigenvalue weighted by molar-refractivity contribution is -0.154. The van der Waals surface area contributed by atoms with Crippen molar-refractivity contribution in [3.8, 4) is 0 Å². The first-order valence-electron chi connectivity index (χ1n) is 8.80. The Balaban J connectivity index is 1.70. The van der Waals surface area contributed by atoms with E-state index in [0.717, 1.165) is 36.7 Å². The van der Waals surface area contributed by atoms with Gasteiger partial charge in [-0.2, -0.15) is 26.3 Å². The molecule has 12 heteroatoms. The molecular formula is C19H16F6N2O4. The summed E-state index contributed by atoms with van der Waals surface area (Å²) in [6.07, 6.45) is -8.03. The van der Waals surface area contributed by atoms with Crippen molar-refractivity contribution in [2.75, 3.05) is 13.2 Å². The fourth-order valence-corrected chi connectivity index (χ4v) is 2.34. The quantitative estimate of drug-likeness (QED) is 0.346. The van der Waals surface area contributed by atoms with Gasteiger partial charge >= 0.3 is 24.3 Å². The Labute approximate surface area is 172 Å². The van der Waals surface area contributed by atoms with Crippen molar-refractivity contribution in [1.82, 2.24) is 9.97 Å². The zero-order chi connectivity index (χ0) is 23.1. The summed E-state index contributed by atoms with van der Waals surface area (Å²) in [4.78, 5) is 30.7. The number of alkyl halides is 6. The van der Waals surface area contributed by atoms with Crippen molar-refractivity contribution < 1.29 is 45.4 Å². The van der Waals surface area contributed by atoms with Crippen LogP contribution >= 0.6 is 0 Å².